The fraction of sp³-hybridized carbons (Fsp3) is 0.538. The molecular weight excluding hydrogens is 328 g/mol. The molecule has 0 amide bonds. The molecule has 1 saturated carbocycles. The number of halogens is 1. The molecule has 102 valence electrons. The molecule has 2 aromatic rings. The van der Waals surface area contributed by atoms with Crippen LogP contribution in [0.1, 0.15) is 43.9 Å². The van der Waals surface area contributed by atoms with Crippen molar-refractivity contribution in [2.45, 2.75) is 44.1 Å². The third kappa shape index (κ3) is 2.90. The summed E-state index contributed by atoms with van der Waals surface area (Å²) in [5.74, 6) is 1.18. The third-order valence-corrected chi connectivity index (χ3v) is 5.15. The third-order valence-electron chi connectivity index (χ3n) is 3.53. The molecule has 0 aliphatic heterocycles. The fourth-order valence-electron chi connectivity index (χ4n) is 2.50. The molecule has 0 saturated heterocycles. The van der Waals surface area contributed by atoms with Crippen LogP contribution in [0.15, 0.2) is 20.4 Å². The predicted molar refractivity (Wildman–Crippen MR) is 77.1 cm³/mol. The summed E-state index contributed by atoms with van der Waals surface area (Å²) in [5.41, 5.74) is 0. The lowest BCUT2D eigenvalue weighted by molar-refractivity contribution is 0.119. The molecule has 0 bridgehead atoms. The average molecular weight is 343 g/mol. The van der Waals surface area contributed by atoms with Gasteiger partial charge in [0.15, 0.2) is 0 Å². The van der Waals surface area contributed by atoms with Crippen molar-refractivity contribution in [3.63, 3.8) is 0 Å². The molecule has 1 N–H and O–H groups in total. The van der Waals surface area contributed by atoms with Crippen molar-refractivity contribution in [1.29, 1.82) is 0 Å². The van der Waals surface area contributed by atoms with Gasteiger partial charge in [-0.15, -0.1) is 11.3 Å². The van der Waals surface area contributed by atoms with E-state index >= 15 is 0 Å². The van der Waals surface area contributed by atoms with Gasteiger partial charge in [0, 0.05) is 0 Å². The minimum atomic E-state index is -0.356. The van der Waals surface area contributed by atoms with Gasteiger partial charge in [0.25, 0.3) is 0 Å². The van der Waals surface area contributed by atoms with Crippen LogP contribution in [-0.4, -0.2) is 21.4 Å². The molecule has 0 aromatic carbocycles. The Morgan fingerprint density at radius 2 is 2.11 bits per heavy atom. The minimum absolute atomic E-state index is 0.00727. The molecule has 4 nitrogen and oxygen atoms in total. The van der Waals surface area contributed by atoms with E-state index in [9.17, 15) is 5.11 Å². The Morgan fingerprint density at radius 1 is 1.26 bits per heavy atom. The molecule has 2 heterocycles. The summed E-state index contributed by atoms with van der Waals surface area (Å²) in [7, 11) is 0. The maximum absolute atomic E-state index is 10.2. The fourth-order valence-corrected chi connectivity index (χ4v) is 3.81. The second-order valence-electron chi connectivity index (χ2n) is 4.87. The summed E-state index contributed by atoms with van der Waals surface area (Å²) < 4.78 is 6.41. The second-order valence-corrected chi connectivity index (χ2v) is 7.33. The number of aliphatic hydroxyl groups is 1. The van der Waals surface area contributed by atoms with Crippen LogP contribution in [0.25, 0.3) is 10.7 Å². The first kappa shape index (κ1) is 13.3. The number of nitrogens with zero attached hydrogens (tertiary/aromatic N) is 2. The van der Waals surface area contributed by atoms with Crippen LogP contribution in [0, 0.1) is 0 Å². The number of hydrogen-bond donors (Lipinski definition) is 1. The van der Waals surface area contributed by atoms with Gasteiger partial charge in [-0.3, -0.25) is 0 Å². The van der Waals surface area contributed by atoms with Crippen molar-refractivity contribution in [3.05, 3.63) is 21.8 Å². The molecule has 2 aromatic heterocycles. The minimum Gasteiger partial charge on any atom is -0.392 e. The van der Waals surface area contributed by atoms with Gasteiger partial charge >= 0.3 is 0 Å². The molecule has 19 heavy (non-hydrogen) atoms. The van der Waals surface area contributed by atoms with Gasteiger partial charge in [-0.25, -0.2) is 0 Å². The molecular formula is C13H15BrN2O2S. The van der Waals surface area contributed by atoms with Crippen molar-refractivity contribution in [2.75, 3.05) is 0 Å². The Bertz CT molecular complexity index is 554. The van der Waals surface area contributed by atoms with Gasteiger partial charge in [-0.05, 0) is 40.9 Å². The number of thiophene rings is 1. The quantitative estimate of drug-likeness (QED) is 0.839. The Morgan fingerprint density at radius 3 is 2.89 bits per heavy atom. The Balaban J connectivity index is 1.84. The van der Waals surface area contributed by atoms with Crippen LogP contribution in [0.4, 0.5) is 0 Å². The summed E-state index contributed by atoms with van der Waals surface area (Å²) in [6.07, 6.45) is 4.77. The first-order valence-electron chi connectivity index (χ1n) is 6.51. The maximum atomic E-state index is 10.2. The van der Waals surface area contributed by atoms with Crippen LogP contribution in [-0.2, 0) is 0 Å². The summed E-state index contributed by atoms with van der Waals surface area (Å²) in [4.78, 5) is 5.44. The van der Waals surface area contributed by atoms with Gasteiger partial charge < -0.3 is 9.63 Å². The van der Waals surface area contributed by atoms with Crippen LogP contribution in [0.3, 0.4) is 0 Å². The highest BCUT2D eigenvalue weighted by Gasteiger charge is 2.28. The lowest BCUT2D eigenvalue weighted by Crippen LogP contribution is -2.17. The van der Waals surface area contributed by atoms with Crippen LogP contribution in [0.5, 0.6) is 0 Å². The van der Waals surface area contributed by atoms with E-state index < -0.39 is 0 Å². The van der Waals surface area contributed by atoms with E-state index in [2.05, 4.69) is 26.1 Å². The van der Waals surface area contributed by atoms with E-state index in [0.29, 0.717) is 11.7 Å². The smallest absolute Gasteiger partial charge is 0.232 e. The topological polar surface area (TPSA) is 59.2 Å². The van der Waals surface area contributed by atoms with Crippen LogP contribution in [0.2, 0.25) is 0 Å². The first-order valence-corrected chi connectivity index (χ1v) is 8.12. The van der Waals surface area contributed by atoms with Gasteiger partial charge in [0.05, 0.1) is 20.7 Å². The average Bonchev–Trinajstić information content (AvgIpc) is 2.97. The highest BCUT2D eigenvalue weighted by Crippen LogP contribution is 2.34. The highest BCUT2D eigenvalue weighted by atomic mass is 79.9. The van der Waals surface area contributed by atoms with Crippen molar-refractivity contribution in [3.8, 4) is 10.7 Å². The predicted octanol–water partition coefficient (Wildman–Crippen LogP) is 3.97. The SMILES string of the molecule is OC1CCCCCC1c1nc(-c2ccc(Br)s2)no1. The second kappa shape index (κ2) is 5.73. The normalized spacial score (nSPS) is 24.3. The molecule has 0 spiro atoms. The number of aromatic nitrogens is 2. The van der Waals surface area contributed by atoms with E-state index in [-0.39, 0.29) is 12.0 Å². The molecule has 2 atom stereocenters. The van der Waals surface area contributed by atoms with Crippen molar-refractivity contribution in [2.24, 2.45) is 0 Å². The summed E-state index contributed by atoms with van der Waals surface area (Å²) in [6, 6.07) is 3.93. The molecule has 1 aliphatic carbocycles. The van der Waals surface area contributed by atoms with Gasteiger partial charge in [-0.1, -0.05) is 24.4 Å². The Kier molecular flexibility index (Phi) is 4.00. The molecule has 1 aliphatic rings. The van der Waals surface area contributed by atoms with E-state index in [1.165, 1.54) is 6.42 Å². The summed E-state index contributed by atoms with van der Waals surface area (Å²) in [6.45, 7) is 0. The molecule has 3 rings (SSSR count). The van der Waals surface area contributed by atoms with Crippen molar-refractivity contribution >= 4 is 27.3 Å². The summed E-state index contributed by atoms with van der Waals surface area (Å²) >= 11 is 5.00. The molecule has 1 fully saturated rings. The highest BCUT2D eigenvalue weighted by molar-refractivity contribution is 9.11. The first-order chi connectivity index (χ1) is 9.24. The summed E-state index contributed by atoms with van der Waals surface area (Å²) in [5, 5.41) is 14.2. The van der Waals surface area contributed by atoms with E-state index in [4.69, 9.17) is 4.52 Å². The largest absolute Gasteiger partial charge is 0.392 e. The van der Waals surface area contributed by atoms with Gasteiger partial charge in [0.1, 0.15) is 0 Å². The standard InChI is InChI=1S/C13H15BrN2O2S/c14-11-7-6-10(19-11)12-15-13(18-16-12)8-4-2-1-3-5-9(8)17/h6-9,17H,1-5H2. The van der Waals surface area contributed by atoms with Crippen LogP contribution >= 0.6 is 27.3 Å². The van der Waals surface area contributed by atoms with Gasteiger partial charge in [-0.2, -0.15) is 4.98 Å². The molecule has 0 radical (unpaired) electrons. The Hall–Kier alpha value is -0.720. The van der Waals surface area contributed by atoms with E-state index in [1.807, 2.05) is 12.1 Å². The molecule has 6 heteroatoms. The van der Waals surface area contributed by atoms with Crippen LogP contribution < -0.4 is 0 Å². The Labute approximate surface area is 124 Å². The van der Waals surface area contributed by atoms with E-state index in [1.54, 1.807) is 11.3 Å². The van der Waals surface area contributed by atoms with Crippen molar-refractivity contribution in [1.82, 2.24) is 10.1 Å². The monoisotopic (exact) mass is 342 g/mol. The maximum Gasteiger partial charge on any atom is 0.232 e. The zero-order valence-corrected chi connectivity index (χ0v) is 12.8. The van der Waals surface area contributed by atoms with Gasteiger partial charge in [0.2, 0.25) is 11.7 Å². The number of hydrogen-bond acceptors (Lipinski definition) is 5. The molecule has 2 unspecified atom stereocenters. The van der Waals surface area contributed by atoms with Crippen molar-refractivity contribution < 1.29 is 9.63 Å². The lowest BCUT2D eigenvalue weighted by Gasteiger charge is -2.15. The van der Waals surface area contributed by atoms with E-state index in [0.717, 1.165) is 34.3 Å². The lowest BCUT2D eigenvalue weighted by atomic mass is 9.97. The number of aliphatic hydroxyl groups excluding tert-OH is 1. The number of rotatable bonds is 2. The zero-order chi connectivity index (χ0) is 13.2. The zero-order valence-electron chi connectivity index (χ0n) is 10.4.